The molecule has 0 aliphatic rings. The lowest BCUT2D eigenvalue weighted by molar-refractivity contribution is -0.118. The van der Waals surface area contributed by atoms with E-state index in [1.54, 1.807) is 24.3 Å². The Morgan fingerprint density at radius 3 is 2.77 bits per heavy atom. The number of aryl methyl sites for hydroxylation is 1. The summed E-state index contributed by atoms with van der Waals surface area (Å²) >= 11 is 1.25. The van der Waals surface area contributed by atoms with E-state index < -0.39 is 0 Å². The smallest absolute Gasteiger partial charge is 0.250 e. The van der Waals surface area contributed by atoms with Crippen LogP contribution in [0.25, 0.3) is 16.7 Å². The molecule has 0 radical (unpaired) electrons. The third-order valence-corrected chi connectivity index (χ3v) is 5.17. The van der Waals surface area contributed by atoms with Gasteiger partial charge in [-0.2, -0.15) is 5.10 Å². The third-order valence-electron chi connectivity index (χ3n) is 4.24. The van der Waals surface area contributed by atoms with Gasteiger partial charge in [0, 0.05) is 5.69 Å². The van der Waals surface area contributed by atoms with Crippen LogP contribution in [0.1, 0.15) is 11.4 Å². The zero-order valence-corrected chi connectivity index (χ0v) is 16.8. The van der Waals surface area contributed by atoms with E-state index in [4.69, 9.17) is 4.42 Å². The second kappa shape index (κ2) is 8.75. The van der Waals surface area contributed by atoms with Gasteiger partial charge in [-0.05, 0) is 31.2 Å². The third kappa shape index (κ3) is 4.15. The van der Waals surface area contributed by atoms with Crippen LogP contribution in [0.15, 0.2) is 80.3 Å². The second-order valence-electron chi connectivity index (χ2n) is 6.30. The normalized spacial score (nSPS) is 11.2. The van der Waals surface area contributed by atoms with E-state index in [2.05, 4.69) is 20.7 Å². The van der Waals surface area contributed by atoms with E-state index in [9.17, 15) is 9.59 Å². The number of para-hydroxylation sites is 2. The fourth-order valence-electron chi connectivity index (χ4n) is 2.83. The molecule has 150 valence electrons. The number of hydrogen-bond donors (Lipinski definition) is 1. The SMILES string of the molecule is Cc1nnc(SCC(=O)N/N=C/c2coc3ccccc3c2=O)n1-c1ccccc1. The Bertz CT molecular complexity index is 1280. The summed E-state index contributed by atoms with van der Waals surface area (Å²) in [6, 6.07) is 16.6. The molecule has 4 aromatic rings. The van der Waals surface area contributed by atoms with Crippen molar-refractivity contribution in [2.75, 3.05) is 5.75 Å². The molecule has 0 saturated carbocycles. The zero-order chi connectivity index (χ0) is 20.9. The van der Waals surface area contributed by atoms with Crippen molar-refractivity contribution in [3.05, 3.63) is 82.5 Å². The quantitative estimate of drug-likeness (QED) is 0.293. The molecule has 0 bridgehead atoms. The van der Waals surface area contributed by atoms with E-state index in [1.165, 1.54) is 24.2 Å². The van der Waals surface area contributed by atoms with E-state index in [1.807, 2.05) is 41.8 Å². The number of thioether (sulfide) groups is 1. The molecule has 2 heterocycles. The Hall–Kier alpha value is -3.72. The van der Waals surface area contributed by atoms with Crippen LogP contribution in [0.3, 0.4) is 0 Å². The van der Waals surface area contributed by atoms with Gasteiger partial charge in [0.25, 0.3) is 5.91 Å². The molecule has 0 saturated heterocycles. The van der Waals surface area contributed by atoms with E-state index in [-0.39, 0.29) is 22.7 Å². The van der Waals surface area contributed by atoms with Crippen LogP contribution in [0.5, 0.6) is 0 Å². The Kier molecular flexibility index (Phi) is 5.71. The summed E-state index contributed by atoms with van der Waals surface area (Å²) < 4.78 is 7.29. The summed E-state index contributed by atoms with van der Waals surface area (Å²) in [6.07, 6.45) is 2.59. The van der Waals surface area contributed by atoms with Crippen molar-refractivity contribution in [3.63, 3.8) is 0 Å². The summed E-state index contributed by atoms with van der Waals surface area (Å²) in [6.45, 7) is 1.85. The van der Waals surface area contributed by atoms with Crippen molar-refractivity contribution in [3.8, 4) is 5.69 Å². The minimum atomic E-state index is -0.332. The van der Waals surface area contributed by atoms with Gasteiger partial charge in [-0.1, -0.05) is 42.1 Å². The van der Waals surface area contributed by atoms with Crippen molar-refractivity contribution < 1.29 is 9.21 Å². The number of amides is 1. The topological polar surface area (TPSA) is 102 Å². The highest BCUT2D eigenvalue weighted by Gasteiger charge is 2.13. The highest BCUT2D eigenvalue weighted by Crippen LogP contribution is 2.21. The first-order chi connectivity index (χ1) is 14.6. The monoisotopic (exact) mass is 419 g/mol. The van der Waals surface area contributed by atoms with Crippen LogP contribution in [0, 0.1) is 6.92 Å². The Labute approximate surface area is 175 Å². The minimum absolute atomic E-state index is 0.0919. The average Bonchev–Trinajstić information content (AvgIpc) is 3.15. The molecule has 0 aliphatic heterocycles. The van der Waals surface area contributed by atoms with Gasteiger partial charge in [0.15, 0.2) is 5.16 Å². The van der Waals surface area contributed by atoms with Crippen LogP contribution < -0.4 is 10.9 Å². The molecule has 0 atom stereocenters. The van der Waals surface area contributed by atoms with Crippen LogP contribution in [0.4, 0.5) is 0 Å². The Balaban J connectivity index is 1.40. The number of nitrogens with one attached hydrogen (secondary N) is 1. The van der Waals surface area contributed by atoms with Gasteiger partial charge in [0.2, 0.25) is 5.43 Å². The maximum atomic E-state index is 12.4. The van der Waals surface area contributed by atoms with Crippen molar-refractivity contribution in [1.29, 1.82) is 0 Å². The Morgan fingerprint density at radius 1 is 1.17 bits per heavy atom. The molecule has 30 heavy (non-hydrogen) atoms. The largest absolute Gasteiger partial charge is 0.463 e. The van der Waals surface area contributed by atoms with Gasteiger partial charge in [-0.3, -0.25) is 14.2 Å². The zero-order valence-electron chi connectivity index (χ0n) is 16.0. The van der Waals surface area contributed by atoms with Gasteiger partial charge in [0.05, 0.1) is 22.9 Å². The molecule has 8 nitrogen and oxygen atoms in total. The molecule has 2 aromatic heterocycles. The predicted molar refractivity (Wildman–Crippen MR) is 115 cm³/mol. The summed E-state index contributed by atoms with van der Waals surface area (Å²) in [7, 11) is 0. The number of benzene rings is 2. The molecule has 0 spiro atoms. The first kappa shape index (κ1) is 19.6. The van der Waals surface area contributed by atoms with E-state index in [0.29, 0.717) is 16.1 Å². The molecule has 0 unspecified atom stereocenters. The fourth-order valence-corrected chi connectivity index (χ4v) is 3.62. The molecular formula is C21H17N5O3S. The maximum absolute atomic E-state index is 12.4. The van der Waals surface area contributed by atoms with Gasteiger partial charge >= 0.3 is 0 Å². The standard InChI is InChI=1S/C21H17N5O3S/c1-14-23-25-21(26(14)16-7-3-2-4-8-16)30-13-19(27)24-22-11-15-12-29-18-10-6-5-9-17(18)20(15)28/h2-12H,13H2,1H3,(H,24,27)/b22-11+. The Morgan fingerprint density at radius 2 is 1.93 bits per heavy atom. The van der Waals surface area contributed by atoms with Crippen molar-refractivity contribution in [2.24, 2.45) is 5.10 Å². The molecule has 0 fully saturated rings. The van der Waals surface area contributed by atoms with Crippen LogP contribution in [-0.2, 0) is 4.79 Å². The van der Waals surface area contributed by atoms with E-state index in [0.717, 1.165) is 11.5 Å². The van der Waals surface area contributed by atoms with Crippen molar-refractivity contribution in [2.45, 2.75) is 12.1 Å². The highest BCUT2D eigenvalue weighted by atomic mass is 32.2. The number of aromatic nitrogens is 3. The summed E-state index contributed by atoms with van der Waals surface area (Å²) in [4.78, 5) is 24.6. The minimum Gasteiger partial charge on any atom is -0.463 e. The second-order valence-corrected chi connectivity index (χ2v) is 7.24. The average molecular weight is 419 g/mol. The number of nitrogens with zero attached hydrogens (tertiary/aromatic N) is 4. The first-order valence-corrected chi connectivity index (χ1v) is 10.0. The lowest BCUT2D eigenvalue weighted by Gasteiger charge is -2.07. The lowest BCUT2D eigenvalue weighted by atomic mass is 10.2. The van der Waals surface area contributed by atoms with E-state index >= 15 is 0 Å². The van der Waals surface area contributed by atoms with Gasteiger partial charge in [-0.15, -0.1) is 10.2 Å². The number of carbonyl (C=O) groups is 1. The number of hydrazone groups is 1. The predicted octanol–water partition coefficient (Wildman–Crippen LogP) is 2.92. The number of fused-ring (bicyclic) bond motifs is 1. The molecular weight excluding hydrogens is 402 g/mol. The number of carbonyl (C=O) groups excluding carboxylic acids is 1. The fraction of sp³-hybridized carbons (Fsp3) is 0.0952. The van der Waals surface area contributed by atoms with Crippen molar-refractivity contribution in [1.82, 2.24) is 20.2 Å². The lowest BCUT2D eigenvalue weighted by Crippen LogP contribution is -2.20. The van der Waals surface area contributed by atoms with Crippen LogP contribution in [0.2, 0.25) is 0 Å². The van der Waals surface area contributed by atoms with Gasteiger partial charge < -0.3 is 4.42 Å². The number of hydrogen-bond acceptors (Lipinski definition) is 7. The first-order valence-electron chi connectivity index (χ1n) is 9.06. The number of rotatable bonds is 6. The van der Waals surface area contributed by atoms with Crippen LogP contribution >= 0.6 is 11.8 Å². The summed E-state index contributed by atoms with van der Waals surface area (Å²) in [5.74, 6) is 0.487. The molecule has 4 rings (SSSR count). The maximum Gasteiger partial charge on any atom is 0.250 e. The van der Waals surface area contributed by atoms with Gasteiger partial charge in [0.1, 0.15) is 17.7 Å². The molecule has 9 heteroatoms. The summed E-state index contributed by atoms with van der Waals surface area (Å²) in [5, 5.41) is 13.2. The summed E-state index contributed by atoms with van der Waals surface area (Å²) in [5.41, 5.74) is 3.87. The highest BCUT2D eigenvalue weighted by molar-refractivity contribution is 7.99. The van der Waals surface area contributed by atoms with Gasteiger partial charge in [-0.25, -0.2) is 5.43 Å². The van der Waals surface area contributed by atoms with Crippen molar-refractivity contribution >= 4 is 34.9 Å². The molecule has 2 aromatic carbocycles. The molecule has 1 amide bonds. The molecule has 1 N–H and O–H groups in total. The van der Waals surface area contributed by atoms with Crippen LogP contribution in [-0.4, -0.2) is 32.6 Å². The molecule has 0 aliphatic carbocycles.